The minimum atomic E-state index is -1.67. The number of fused-ring (bicyclic) bond motifs is 5. The zero-order chi connectivity index (χ0) is 37.9. The van der Waals surface area contributed by atoms with E-state index in [1.165, 1.54) is 6.92 Å². The van der Waals surface area contributed by atoms with Gasteiger partial charge in [-0.25, -0.2) is 0 Å². The van der Waals surface area contributed by atoms with Crippen molar-refractivity contribution in [2.24, 2.45) is 52.3 Å². The first-order valence-corrected chi connectivity index (χ1v) is 20.0. The van der Waals surface area contributed by atoms with E-state index in [4.69, 9.17) is 18.9 Å². The first-order valence-electron chi connectivity index (χ1n) is 20.0. The fraction of sp³-hybridized carbons (Fsp3) is 0.974. The largest absolute Gasteiger partial charge is 0.396 e. The summed E-state index contributed by atoms with van der Waals surface area (Å²) in [5.41, 5.74) is -0.130. The first-order chi connectivity index (χ1) is 24.5. The lowest BCUT2D eigenvalue weighted by Gasteiger charge is -2.60. The molecule has 6 aliphatic rings. The van der Waals surface area contributed by atoms with E-state index >= 15 is 0 Å². The highest BCUT2D eigenvalue weighted by atomic mass is 16.8. The molecule has 13 heteroatoms. The Kier molecular flexibility index (Phi) is 12.5. The number of carbonyl (C=O) groups excluding carboxylic acids is 1. The number of Topliss-reactive ketones (excluding diaryl/α,β-unsaturated/α-hetero) is 1. The van der Waals surface area contributed by atoms with Crippen molar-refractivity contribution in [2.75, 3.05) is 13.2 Å². The fourth-order valence-electron chi connectivity index (χ4n) is 12.0. The van der Waals surface area contributed by atoms with Crippen molar-refractivity contribution < 1.29 is 64.6 Å². The number of ketones is 1. The van der Waals surface area contributed by atoms with Gasteiger partial charge in [0.15, 0.2) is 12.6 Å². The molecule has 6 rings (SSSR count). The quantitative estimate of drug-likeness (QED) is 0.150. The molecule has 8 N–H and O–H groups in total. The van der Waals surface area contributed by atoms with Crippen LogP contribution in [0.4, 0.5) is 0 Å². The monoisotopic (exact) mass is 742 g/mol. The third-order valence-corrected chi connectivity index (χ3v) is 15.2. The topological polar surface area (TPSA) is 216 Å². The van der Waals surface area contributed by atoms with Crippen LogP contribution in [0.5, 0.6) is 0 Å². The van der Waals surface area contributed by atoms with Gasteiger partial charge in [0.1, 0.15) is 48.5 Å². The Balaban J connectivity index is 1.31. The normalized spacial score (nSPS) is 51.2. The van der Waals surface area contributed by atoms with Crippen molar-refractivity contribution in [1.82, 2.24) is 0 Å². The molecule has 0 radical (unpaired) electrons. The summed E-state index contributed by atoms with van der Waals surface area (Å²) in [6, 6.07) is 0. The van der Waals surface area contributed by atoms with E-state index in [2.05, 4.69) is 20.8 Å². The fourth-order valence-corrected chi connectivity index (χ4v) is 12.0. The highest BCUT2D eigenvalue weighted by Crippen LogP contribution is 2.68. The van der Waals surface area contributed by atoms with Crippen molar-refractivity contribution in [1.29, 1.82) is 0 Å². The third kappa shape index (κ3) is 7.29. The molecule has 13 nitrogen and oxygen atoms in total. The molecule has 4 saturated carbocycles. The maximum absolute atomic E-state index is 12.5. The lowest BCUT2D eigenvalue weighted by atomic mass is 9.44. The zero-order valence-electron chi connectivity index (χ0n) is 31.6. The number of aliphatic hydroxyl groups is 8. The summed E-state index contributed by atoms with van der Waals surface area (Å²) in [5, 5.41) is 85.3. The summed E-state index contributed by atoms with van der Waals surface area (Å²) >= 11 is 0. The van der Waals surface area contributed by atoms with Crippen LogP contribution in [0.2, 0.25) is 0 Å². The second kappa shape index (κ2) is 16.0. The second-order valence-electron chi connectivity index (χ2n) is 18.2. The van der Waals surface area contributed by atoms with Gasteiger partial charge in [-0.1, -0.05) is 27.7 Å². The summed E-state index contributed by atoms with van der Waals surface area (Å²) in [6.07, 6.45) is -7.26. The van der Waals surface area contributed by atoms with Crippen LogP contribution in [0.15, 0.2) is 0 Å². The number of hydrogen-bond donors (Lipinski definition) is 8. The van der Waals surface area contributed by atoms with Gasteiger partial charge in [-0.05, 0) is 111 Å². The predicted molar refractivity (Wildman–Crippen MR) is 186 cm³/mol. The van der Waals surface area contributed by atoms with Gasteiger partial charge in [0.2, 0.25) is 0 Å². The van der Waals surface area contributed by atoms with Crippen LogP contribution in [0.3, 0.4) is 0 Å². The van der Waals surface area contributed by atoms with Crippen LogP contribution in [-0.4, -0.2) is 133 Å². The van der Waals surface area contributed by atoms with E-state index in [9.17, 15) is 45.6 Å². The number of ether oxygens (including phenoxy) is 4. The Morgan fingerprint density at radius 3 is 2.25 bits per heavy atom. The molecule has 52 heavy (non-hydrogen) atoms. The molecule has 2 saturated heterocycles. The molecule has 2 aliphatic heterocycles. The van der Waals surface area contributed by atoms with E-state index in [1.807, 2.05) is 6.92 Å². The van der Waals surface area contributed by atoms with Gasteiger partial charge >= 0.3 is 0 Å². The summed E-state index contributed by atoms with van der Waals surface area (Å²) in [6.45, 7) is 9.69. The summed E-state index contributed by atoms with van der Waals surface area (Å²) in [4.78, 5) is 12.5. The summed E-state index contributed by atoms with van der Waals surface area (Å²) in [5.74, 6) is 1.57. The lowest BCUT2D eigenvalue weighted by molar-refractivity contribution is -0.371. The van der Waals surface area contributed by atoms with Gasteiger partial charge in [0.05, 0.1) is 24.9 Å². The van der Waals surface area contributed by atoms with Gasteiger partial charge in [-0.15, -0.1) is 0 Å². The molecule has 0 amide bonds. The summed E-state index contributed by atoms with van der Waals surface area (Å²) in [7, 11) is 0. The molecule has 21 unspecified atom stereocenters. The minimum absolute atomic E-state index is 0.0409. The van der Waals surface area contributed by atoms with Crippen molar-refractivity contribution in [3.8, 4) is 0 Å². The zero-order valence-corrected chi connectivity index (χ0v) is 31.6. The molecular formula is C39H66O13. The highest BCUT2D eigenvalue weighted by molar-refractivity contribution is 5.79. The molecule has 0 spiro atoms. The van der Waals surface area contributed by atoms with Crippen LogP contribution in [0.1, 0.15) is 98.8 Å². The van der Waals surface area contributed by atoms with E-state index in [-0.39, 0.29) is 41.1 Å². The Morgan fingerprint density at radius 2 is 1.56 bits per heavy atom. The van der Waals surface area contributed by atoms with Gasteiger partial charge < -0.3 is 59.8 Å². The molecule has 0 bridgehead atoms. The van der Waals surface area contributed by atoms with E-state index in [1.54, 1.807) is 0 Å². The van der Waals surface area contributed by atoms with Crippen molar-refractivity contribution in [3.63, 3.8) is 0 Å². The first kappa shape index (κ1) is 40.8. The predicted octanol–water partition coefficient (Wildman–Crippen LogP) is 1.27. The van der Waals surface area contributed by atoms with Crippen LogP contribution >= 0.6 is 0 Å². The number of rotatable bonds is 11. The Hall–Kier alpha value is -0.810. The Morgan fingerprint density at radius 1 is 0.827 bits per heavy atom. The van der Waals surface area contributed by atoms with Crippen LogP contribution in [0.25, 0.3) is 0 Å². The maximum Gasteiger partial charge on any atom is 0.187 e. The van der Waals surface area contributed by atoms with E-state index in [0.717, 1.165) is 32.1 Å². The van der Waals surface area contributed by atoms with Gasteiger partial charge in [0.25, 0.3) is 0 Å². The summed E-state index contributed by atoms with van der Waals surface area (Å²) < 4.78 is 24.8. The molecule has 4 aliphatic carbocycles. The molecule has 2 heterocycles. The Labute approximate surface area is 308 Å². The minimum Gasteiger partial charge on any atom is -0.396 e. The smallest absolute Gasteiger partial charge is 0.187 e. The average molecular weight is 743 g/mol. The Bertz CT molecular complexity index is 1220. The molecule has 0 aromatic heterocycles. The standard InChI is InChI=1S/C39H66O13/c1-18(16-40)6-9-26(43)19(2)29-27(15-25-23-8-7-21-14-22(42)10-12-38(21,4)24(23)11-13-39(25,29)5)50-37-35(33(47)31(45)28(17-41)51-37)52-36-34(48)32(46)30(44)20(3)49-36/h18-21,23-37,40-41,43-48H,6-17H2,1-5H3. The van der Waals surface area contributed by atoms with Crippen LogP contribution in [0, 0.1) is 52.3 Å². The molecule has 0 aromatic carbocycles. The average Bonchev–Trinajstić information content (AvgIpc) is 3.42. The molecular weight excluding hydrogens is 676 g/mol. The molecule has 21 atom stereocenters. The highest BCUT2D eigenvalue weighted by Gasteiger charge is 2.64. The van der Waals surface area contributed by atoms with Crippen molar-refractivity contribution in [2.45, 2.75) is 172 Å². The van der Waals surface area contributed by atoms with Gasteiger partial charge in [-0.2, -0.15) is 0 Å². The van der Waals surface area contributed by atoms with Crippen molar-refractivity contribution in [3.05, 3.63) is 0 Å². The second-order valence-corrected chi connectivity index (χ2v) is 18.2. The molecule has 0 aromatic rings. The van der Waals surface area contributed by atoms with Gasteiger partial charge in [0, 0.05) is 19.4 Å². The lowest BCUT2D eigenvalue weighted by Crippen LogP contribution is -2.64. The van der Waals surface area contributed by atoms with E-state index in [0.29, 0.717) is 55.6 Å². The number of hydrogen-bond acceptors (Lipinski definition) is 13. The maximum atomic E-state index is 12.5. The molecule has 6 fully saturated rings. The van der Waals surface area contributed by atoms with Gasteiger partial charge in [-0.3, -0.25) is 4.79 Å². The number of carbonyl (C=O) groups is 1. The van der Waals surface area contributed by atoms with Crippen LogP contribution < -0.4 is 0 Å². The van der Waals surface area contributed by atoms with E-state index < -0.39 is 80.2 Å². The van der Waals surface area contributed by atoms with Crippen molar-refractivity contribution >= 4 is 5.78 Å². The number of aliphatic hydroxyl groups excluding tert-OH is 8. The third-order valence-electron chi connectivity index (χ3n) is 15.2. The molecule has 300 valence electrons. The SMILES string of the molecule is CC(CO)CCC(O)C(C)C1C(OC2OC(CO)C(O)C(O)C2OC2OC(C)C(O)C(O)C2O)CC2C3CCC4CC(=O)CCC4(C)C3CCC21C. The van der Waals surface area contributed by atoms with Crippen LogP contribution in [-0.2, 0) is 23.7 Å².